The van der Waals surface area contributed by atoms with Crippen molar-refractivity contribution in [2.75, 3.05) is 38.8 Å². The first-order valence-electron chi connectivity index (χ1n) is 18.8. The van der Waals surface area contributed by atoms with E-state index in [1.54, 1.807) is 32.2 Å². The van der Waals surface area contributed by atoms with E-state index >= 15 is 0 Å². The van der Waals surface area contributed by atoms with E-state index in [2.05, 4.69) is 15.4 Å². The summed E-state index contributed by atoms with van der Waals surface area (Å²) in [5, 5.41) is 16.4. The number of rotatable bonds is 10. The SMILES string of the molecule is CCN(C)c1cc2cc(OC)ccc2c(O[C@@H]2C[C@H]3C(=O)N[C@]4(C(=O)NS(=O)(=O)C5(CF)CC5)C[C@H]4C=CCC[C@@H](C)C[C@@H](C)[C@H](NC(=O)O)C(=O)N3C2)n1. The number of nitrogens with one attached hydrogen (secondary N) is 3. The molecule has 15 nitrogen and oxygen atoms in total. The topological polar surface area (TPSA) is 197 Å². The fourth-order valence-electron chi connectivity index (χ4n) is 7.81. The van der Waals surface area contributed by atoms with Gasteiger partial charge in [0.2, 0.25) is 27.7 Å². The molecule has 4 N–H and O–H groups in total. The van der Waals surface area contributed by atoms with Gasteiger partial charge in [0.25, 0.3) is 5.91 Å². The van der Waals surface area contributed by atoms with Gasteiger partial charge >= 0.3 is 6.09 Å². The van der Waals surface area contributed by atoms with E-state index in [4.69, 9.17) is 14.5 Å². The Labute approximate surface area is 320 Å². The molecule has 0 radical (unpaired) electrons. The van der Waals surface area contributed by atoms with Crippen molar-refractivity contribution in [3.05, 3.63) is 36.4 Å². The number of aromatic nitrogens is 1. The highest BCUT2D eigenvalue weighted by Gasteiger charge is 2.64. The quantitative estimate of drug-likeness (QED) is 0.257. The third-order valence-corrected chi connectivity index (χ3v) is 13.8. The van der Waals surface area contributed by atoms with Crippen LogP contribution in [0.25, 0.3) is 10.8 Å². The molecular weight excluding hydrogens is 736 g/mol. The molecular formula is C38H51FN6O9S. The molecule has 1 saturated heterocycles. The second-order valence-electron chi connectivity index (χ2n) is 15.6. The molecule has 2 aromatic rings. The molecule has 0 spiro atoms. The first-order valence-corrected chi connectivity index (χ1v) is 20.3. The number of carbonyl (C=O) groups excluding carboxylic acids is 3. The maximum absolute atomic E-state index is 14.5. The lowest BCUT2D eigenvalue weighted by molar-refractivity contribution is -0.142. The highest BCUT2D eigenvalue weighted by molar-refractivity contribution is 7.91. The molecule has 1 aromatic heterocycles. The highest BCUT2D eigenvalue weighted by atomic mass is 32.2. The number of allylic oxidation sites excluding steroid dienone is 1. The summed E-state index contributed by atoms with van der Waals surface area (Å²) >= 11 is 0. The summed E-state index contributed by atoms with van der Waals surface area (Å²) < 4.78 is 52.5. The summed E-state index contributed by atoms with van der Waals surface area (Å²) in [6, 6.07) is 4.89. The van der Waals surface area contributed by atoms with E-state index in [0.29, 0.717) is 42.8 Å². The monoisotopic (exact) mass is 786 g/mol. The number of fused-ring (bicyclic) bond motifs is 3. The Morgan fingerprint density at radius 1 is 1.18 bits per heavy atom. The third-order valence-electron chi connectivity index (χ3n) is 11.7. The van der Waals surface area contributed by atoms with Gasteiger partial charge in [0.05, 0.1) is 13.7 Å². The molecule has 2 saturated carbocycles. The molecule has 4 aliphatic rings. The normalized spacial score (nSPS) is 29.2. The molecule has 0 bridgehead atoms. The van der Waals surface area contributed by atoms with Gasteiger partial charge in [-0.2, -0.15) is 4.98 Å². The molecule has 2 aliphatic carbocycles. The van der Waals surface area contributed by atoms with Gasteiger partial charge in [-0.05, 0) is 86.9 Å². The summed E-state index contributed by atoms with van der Waals surface area (Å²) in [7, 11) is -0.951. The predicted octanol–water partition coefficient (Wildman–Crippen LogP) is 3.52. The van der Waals surface area contributed by atoms with Crippen molar-refractivity contribution in [1.82, 2.24) is 25.2 Å². The summed E-state index contributed by atoms with van der Waals surface area (Å²) in [4.78, 5) is 62.8. The number of methoxy groups -OCH3 is 1. The van der Waals surface area contributed by atoms with Crippen LogP contribution in [0.3, 0.4) is 0 Å². The highest BCUT2D eigenvalue weighted by Crippen LogP contribution is 2.48. The number of hydrogen-bond donors (Lipinski definition) is 4. The van der Waals surface area contributed by atoms with Crippen LogP contribution in [-0.2, 0) is 24.4 Å². The van der Waals surface area contributed by atoms with Crippen molar-refractivity contribution in [3.63, 3.8) is 0 Å². The molecule has 17 heteroatoms. The van der Waals surface area contributed by atoms with E-state index in [-0.39, 0.29) is 44.0 Å². The fraction of sp³-hybridized carbons (Fsp3) is 0.605. The zero-order valence-corrected chi connectivity index (χ0v) is 32.7. The minimum Gasteiger partial charge on any atom is -0.497 e. The van der Waals surface area contributed by atoms with E-state index in [1.165, 1.54) is 4.90 Å². The maximum atomic E-state index is 14.5. The molecule has 300 valence electrons. The Morgan fingerprint density at radius 2 is 1.93 bits per heavy atom. The molecule has 55 heavy (non-hydrogen) atoms. The third kappa shape index (κ3) is 8.03. The lowest BCUT2D eigenvalue weighted by atomic mass is 9.88. The summed E-state index contributed by atoms with van der Waals surface area (Å²) in [6.07, 6.45) is 3.48. The number of nitrogens with zero attached hydrogens (tertiary/aromatic N) is 3. The van der Waals surface area contributed by atoms with E-state index in [0.717, 1.165) is 5.39 Å². The van der Waals surface area contributed by atoms with E-state index in [9.17, 15) is 37.1 Å². The first kappa shape index (κ1) is 40.0. The average Bonchev–Trinajstić information content (AvgIpc) is 4.05. The number of halogens is 1. The lowest BCUT2D eigenvalue weighted by Crippen LogP contribution is -2.59. The van der Waals surface area contributed by atoms with E-state index < -0.39 is 80.8 Å². The molecule has 0 unspecified atom stereocenters. The van der Waals surface area contributed by atoms with Crippen LogP contribution in [0.4, 0.5) is 15.0 Å². The molecule has 2 aliphatic heterocycles. The largest absolute Gasteiger partial charge is 0.497 e. The lowest BCUT2D eigenvalue weighted by Gasteiger charge is -2.32. The zero-order chi connectivity index (χ0) is 39.9. The number of ether oxygens (including phenoxy) is 2. The van der Waals surface area contributed by atoms with Crippen LogP contribution in [-0.4, -0.2) is 110 Å². The van der Waals surface area contributed by atoms with Crippen LogP contribution in [0, 0.1) is 17.8 Å². The zero-order valence-electron chi connectivity index (χ0n) is 31.8. The number of pyridine rings is 1. The number of carbonyl (C=O) groups is 4. The van der Waals surface area contributed by atoms with Gasteiger partial charge in [0, 0.05) is 31.3 Å². The van der Waals surface area contributed by atoms with E-state index in [1.807, 2.05) is 44.0 Å². The number of carboxylic acid groups (broad SMARTS) is 1. The van der Waals surface area contributed by atoms with Crippen molar-refractivity contribution in [2.24, 2.45) is 17.8 Å². The van der Waals surface area contributed by atoms with Crippen LogP contribution in [0.15, 0.2) is 36.4 Å². The van der Waals surface area contributed by atoms with Gasteiger partial charge in [-0.1, -0.05) is 26.0 Å². The standard InChI is InChI=1S/C38H51FN6O9S/c1-6-44(4)30-17-24-16-26(53-5)11-12-28(24)33(40-30)54-27-18-29-32(46)42-38(35(48)43-55(51,52)37(21-39)13-14-37)19-25(38)10-8-7-9-22(2)15-23(3)31(41-36(49)50)34(47)45(29)20-27/h8,10-12,16-17,22-23,25,27,29,31,41H,6-7,9,13-15,18-21H2,1-5H3,(H,42,46)(H,43,48)(H,49,50)/t22-,23-,25-,27-,29+,31+,38-/m1/s1. The molecule has 1 aromatic carbocycles. The Kier molecular flexibility index (Phi) is 11.2. The van der Waals surface area contributed by atoms with Crippen LogP contribution in [0.2, 0.25) is 0 Å². The maximum Gasteiger partial charge on any atom is 0.405 e. The molecule has 3 heterocycles. The summed E-state index contributed by atoms with van der Waals surface area (Å²) in [5.74, 6) is -1.76. The van der Waals surface area contributed by atoms with Crippen molar-refractivity contribution in [3.8, 4) is 11.6 Å². The Hall–Kier alpha value is -4.67. The van der Waals surface area contributed by atoms with Gasteiger partial charge in [-0.15, -0.1) is 0 Å². The second kappa shape index (κ2) is 15.5. The Morgan fingerprint density at radius 3 is 2.58 bits per heavy atom. The Bertz CT molecular complexity index is 1980. The van der Waals surface area contributed by atoms with Gasteiger partial charge in [0.15, 0.2) is 0 Å². The molecule has 7 atom stereocenters. The number of alkyl halides is 1. The summed E-state index contributed by atoms with van der Waals surface area (Å²) in [6.45, 7) is 5.17. The number of anilines is 1. The second-order valence-corrected chi connectivity index (χ2v) is 17.7. The minimum absolute atomic E-state index is 0.0449. The van der Waals surface area contributed by atoms with Gasteiger partial charge in [-0.3, -0.25) is 19.1 Å². The van der Waals surface area contributed by atoms with Crippen molar-refractivity contribution in [1.29, 1.82) is 0 Å². The molecule has 3 fully saturated rings. The van der Waals surface area contributed by atoms with Crippen LogP contribution in [0.1, 0.15) is 65.7 Å². The minimum atomic E-state index is -4.39. The Balaban J connectivity index is 1.36. The van der Waals surface area contributed by atoms with Crippen molar-refractivity contribution >= 4 is 50.4 Å². The smallest absolute Gasteiger partial charge is 0.405 e. The fourth-order valence-corrected chi connectivity index (χ4v) is 9.23. The predicted molar refractivity (Wildman–Crippen MR) is 202 cm³/mol. The molecule has 6 rings (SSSR count). The summed E-state index contributed by atoms with van der Waals surface area (Å²) in [5.41, 5.74) is -1.67. The van der Waals surface area contributed by atoms with Crippen LogP contribution >= 0.6 is 0 Å². The number of amides is 4. The van der Waals surface area contributed by atoms with Gasteiger partial charge in [-0.25, -0.2) is 17.6 Å². The van der Waals surface area contributed by atoms with Gasteiger partial charge < -0.3 is 35.0 Å². The number of sulfonamides is 1. The number of hydrogen-bond acceptors (Lipinski definition) is 10. The first-order chi connectivity index (χ1) is 26.1. The van der Waals surface area contributed by atoms with Gasteiger partial charge in [0.1, 0.15) is 46.7 Å². The molecule has 4 amide bonds. The van der Waals surface area contributed by atoms with Crippen molar-refractivity contribution < 1.29 is 46.6 Å². The average molecular weight is 787 g/mol. The van der Waals surface area contributed by atoms with Crippen LogP contribution < -0.4 is 29.7 Å². The van der Waals surface area contributed by atoms with Crippen LogP contribution in [0.5, 0.6) is 11.6 Å². The van der Waals surface area contributed by atoms with Crippen molar-refractivity contribution in [2.45, 2.75) is 94.2 Å². The number of benzene rings is 1.